The Morgan fingerprint density at radius 1 is 0.889 bits per heavy atom. The SMILES string of the molecule is CN(C)CCCC(=O)c1cc(N)cc(-c2nc3ncccc3o2)c1.O=C(O)c1cc(-c2nc3ncccc3o2)cc([N+](=O)[O-])c1. The lowest BCUT2D eigenvalue weighted by molar-refractivity contribution is -0.384. The van der Waals surface area contributed by atoms with Crippen molar-refractivity contribution in [2.24, 2.45) is 0 Å². The molecule has 0 aliphatic carbocycles. The second kappa shape index (κ2) is 13.1. The highest BCUT2D eigenvalue weighted by molar-refractivity contribution is 5.98. The van der Waals surface area contributed by atoms with Crippen molar-refractivity contribution in [2.75, 3.05) is 26.4 Å². The fourth-order valence-corrected chi connectivity index (χ4v) is 4.38. The number of nitrogens with zero attached hydrogens (tertiary/aromatic N) is 6. The van der Waals surface area contributed by atoms with Crippen LogP contribution >= 0.6 is 0 Å². The maximum absolute atomic E-state index is 12.4. The number of pyridine rings is 2. The minimum atomic E-state index is -1.27. The zero-order valence-electron chi connectivity index (χ0n) is 24.2. The maximum Gasteiger partial charge on any atom is 0.335 e. The van der Waals surface area contributed by atoms with E-state index < -0.39 is 10.9 Å². The van der Waals surface area contributed by atoms with Crippen molar-refractivity contribution in [3.05, 3.63) is 94.3 Å². The van der Waals surface area contributed by atoms with E-state index in [0.29, 0.717) is 51.6 Å². The molecule has 2 aromatic carbocycles. The van der Waals surface area contributed by atoms with Gasteiger partial charge in [0.25, 0.3) is 5.69 Å². The molecule has 228 valence electrons. The first kappa shape index (κ1) is 30.4. The van der Waals surface area contributed by atoms with Gasteiger partial charge in [-0.3, -0.25) is 14.9 Å². The number of benzene rings is 2. The molecule has 0 saturated heterocycles. The van der Waals surface area contributed by atoms with Crippen molar-refractivity contribution in [2.45, 2.75) is 12.8 Å². The molecule has 0 amide bonds. The maximum atomic E-state index is 12.4. The third-order valence-electron chi connectivity index (χ3n) is 6.49. The number of fused-ring (bicyclic) bond motifs is 2. The van der Waals surface area contributed by atoms with Crippen LogP contribution in [-0.2, 0) is 0 Å². The molecule has 14 heteroatoms. The number of hydrogen-bond donors (Lipinski definition) is 2. The van der Waals surface area contributed by atoms with Gasteiger partial charge in [-0.05, 0) is 75.6 Å². The molecule has 14 nitrogen and oxygen atoms in total. The lowest BCUT2D eigenvalue weighted by Crippen LogP contribution is -2.14. The predicted molar refractivity (Wildman–Crippen MR) is 165 cm³/mol. The normalized spacial score (nSPS) is 11.0. The van der Waals surface area contributed by atoms with Gasteiger partial charge >= 0.3 is 5.97 Å². The summed E-state index contributed by atoms with van der Waals surface area (Å²) >= 11 is 0. The van der Waals surface area contributed by atoms with Crippen LogP contribution in [0, 0.1) is 10.1 Å². The van der Waals surface area contributed by atoms with Crippen molar-refractivity contribution in [3.8, 4) is 22.9 Å². The average Bonchev–Trinajstić information content (AvgIpc) is 3.65. The monoisotopic (exact) mass is 609 g/mol. The van der Waals surface area contributed by atoms with E-state index in [9.17, 15) is 19.7 Å². The number of non-ortho nitro benzene ring substituents is 1. The summed E-state index contributed by atoms with van der Waals surface area (Å²) in [6.45, 7) is 0.873. The van der Waals surface area contributed by atoms with Crippen LogP contribution in [0.15, 0.2) is 81.9 Å². The Balaban J connectivity index is 0.000000179. The molecule has 4 heterocycles. The summed E-state index contributed by atoms with van der Waals surface area (Å²) in [5, 5.41) is 19.9. The Labute approximate surface area is 255 Å². The molecular formula is C31H27N7O7. The number of hydrogen-bond acceptors (Lipinski definition) is 12. The Morgan fingerprint density at radius 3 is 2.00 bits per heavy atom. The topological polar surface area (TPSA) is 205 Å². The summed E-state index contributed by atoms with van der Waals surface area (Å²) in [7, 11) is 3.98. The van der Waals surface area contributed by atoms with Gasteiger partial charge in [0.1, 0.15) is 0 Å². The highest BCUT2D eigenvalue weighted by atomic mass is 16.6. The largest absolute Gasteiger partial charge is 0.478 e. The first-order valence-electron chi connectivity index (χ1n) is 13.6. The van der Waals surface area contributed by atoms with Gasteiger partial charge in [0.05, 0.1) is 10.5 Å². The van der Waals surface area contributed by atoms with E-state index in [1.165, 1.54) is 18.3 Å². The number of nitrogens with two attached hydrogens (primary N) is 1. The first-order chi connectivity index (χ1) is 21.6. The Kier molecular flexibility index (Phi) is 8.86. The number of aromatic nitrogens is 4. The molecule has 0 atom stereocenters. The highest BCUT2D eigenvalue weighted by Crippen LogP contribution is 2.29. The summed E-state index contributed by atoms with van der Waals surface area (Å²) in [5.41, 5.74) is 9.28. The Bertz CT molecular complexity index is 1940. The van der Waals surface area contributed by atoms with Gasteiger partial charge in [-0.2, -0.15) is 9.97 Å². The van der Waals surface area contributed by atoms with Crippen molar-refractivity contribution in [1.29, 1.82) is 0 Å². The van der Waals surface area contributed by atoms with E-state index >= 15 is 0 Å². The Hall–Kier alpha value is -6.02. The molecular weight excluding hydrogens is 582 g/mol. The van der Waals surface area contributed by atoms with Crippen molar-refractivity contribution >= 4 is 45.6 Å². The molecule has 0 fully saturated rings. The molecule has 0 unspecified atom stereocenters. The number of carbonyl (C=O) groups is 2. The molecule has 0 aliphatic rings. The van der Waals surface area contributed by atoms with Crippen LogP contribution in [0.1, 0.15) is 33.6 Å². The zero-order valence-corrected chi connectivity index (χ0v) is 24.2. The van der Waals surface area contributed by atoms with Gasteiger partial charge in [-0.25, -0.2) is 14.8 Å². The van der Waals surface area contributed by atoms with Gasteiger partial charge in [0.15, 0.2) is 28.2 Å². The summed E-state index contributed by atoms with van der Waals surface area (Å²) in [6, 6.07) is 15.6. The van der Waals surface area contributed by atoms with Gasteiger partial charge in [-0.1, -0.05) is 0 Å². The second-order valence-corrected chi connectivity index (χ2v) is 10.2. The van der Waals surface area contributed by atoms with Gasteiger partial charge in [0.2, 0.25) is 11.8 Å². The molecule has 6 aromatic rings. The van der Waals surface area contributed by atoms with Crippen LogP contribution in [0.2, 0.25) is 0 Å². The van der Waals surface area contributed by atoms with Crippen LogP contribution in [0.5, 0.6) is 0 Å². The van der Waals surface area contributed by atoms with Crippen molar-refractivity contribution in [1.82, 2.24) is 24.8 Å². The molecule has 0 spiro atoms. The van der Waals surface area contributed by atoms with Crippen molar-refractivity contribution in [3.63, 3.8) is 0 Å². The summed E-state index contributed by atoms with van der Waals surface area (Å²) in [5.74, 6) is -0.706. The third-order valence-corrected chi connectivity index (χ3v) is 6.49. The minimum absolute atomic E-state index is 0.0691. The number of nitro benzene ring substituents is 1. The smallest absolute Gasteiger partial charge is 0.335 e. The molecule has 0 saturated carbocycles. The zero-order chi connectivity index (χ0) is 32.1. The number of carboxylic acids is 1. The molecule has 45 heavy (non-hydrogen) atoms. The van der Waals surface area contributed by atoms with E-state index in [2.05, 4.69) is 24.8 Å². The lowest BCUT2D eigenvalue weighted by atomic mass is 10.0. The predicted octanol–water partition coefficient (Wildman–Crippen LogP) is 5.49. The van der Waals surface area contributed by atoms with Crippen LogP contribution in [-0.4, -0.2) is 67.3 Å². The van der Waals surface area contributed by atoms with Crippen LogP contribution < -0.4 is 5.73 Å². The number of anilines is 1. The molecule has 6 rings (SSSR count). The fraction of sp³-hybridized carbons (Fsp3) is 0.161. The summed E-state index contributed by atoms with van der Waals surface area (Å²) in [4.78, 5) is 52.3. The molecule has 0 aliphatic heterocycles. The quantitative estimate of drug-likeness (QED) is 0.0901. The van der Waals surface area contributed by atoms with E-state index in [-0.39, 0.29) is 28.5 Å². The fourth-order valence-electron chi connectivity index (χ4n) is 4.38. The van der Waals surface area contributed by atoms with Crippen LogP contribution in [0.3, 0.4) is 0 Å². The first-order valence-corrected chi connectivity index (χ1v) is 13.6. The van der Waals surface area contributed by atoms with E-state index in [1.54, 1.807) is 48.7 Å². The number of Topliss-reactive ketones (excluding diaryl/α,β-unsaturated/α-hetero) is 1. The number of ketones is 1. The van der Waals surface area contributed by atoms with Crippen LogP contribution in [0.25, 0.3) is 45.4 Å². The number of rotatable bonds is 9. The van der Waals surface area contributed by atoms with Gasteiger partial charge in [-0.15, -0.1) is 0 Å². The van der Waals surface area contributed by atoms with E-state index in [1.807, 2.05) is 14.1 Å². The van der Waals surface area contributed by atoms with E-state index in [0.717, 1.165) is 19.0 Å². The Morgan fingerprint density at radius 2 is 1.47 bits per heavy atom. The van der Waals surface area contributed by atoms with Crippen LogP contribution in [0.4, 0.5) is 11.4 Å². The number of oxazole rings is 2. The molecule has 4 aromatic heterocycles. The van der Waals surface area contributed by atoms with Crippen molar-refractivity contribution < 1.29 is 28.5 Å². The average molecular weight is 610 g/mol. The van der Waals surface area contributed by atoms with E-state index in [4.69, 9.17) is 19.7 Å². The summed E-state index contributed by atoms with van der Waals surface area (Å²) < 4.78 is 11.1. The minimum Gasteiger partial charge on any atom is -0.478 e. The third kappa shape index (κ3) is 7.32. The van der Waals surface area contributed by atoms with Gasteiger partial charge < -0.3 is 24.6 Å². The number of nitrogen functional groups attached to an aromatic ring is 1. The second-order valence-electron chi connectivity index (χ2n) is 10.2. The molecule has 3 N–H and O–H groups in total. The standard InChI is InChI=1S/C18H20N4O2.C13H7N3O5/c1-22(2)8-4-5-15(23)12-9-13(11-14(19)10-12)18-21-17-16(24-18)6-3-7-20-17;17-13(18)8-4-7(5-9(6-8)16(19)20)12-15-11-10(21-12)2-1-3-14-11/h3,6-7,9-11H,4-5,8,19H2,1-2H3;1-6H,(H,17,18). The highest BCUT2D eigenvalue weighted by Gasteiger charge is 2.18. The van der Waals surface area contributed by atoms with Gasteiger partial charge in [0, 0.05) is 53.3 Å². The number of aromatic carboxylic acids is 1. The number of carboxylic acid groups (broad SMARTS) is 1. The molecule has 0 bridgehead atoms. The summed E-state index contributed by atoms with van der Waals surface area (Å²) in [6.07, 6.45) is 4.48. The number of nitro groups is 1. The lowest BCUT2D eigenvalue weighted by Gasteiger charge is -2.09. The number of carbonyl (C=O) groups excluding carboxylic acids is 1. The molecule has 0 radical (unpaired) electrons.